The molecule has 10 heavy (non-hydrogen) atoms. The number of hydrogen-bond acceptors (Lipinski definition) is 3. The Morgan fingerprint density at radius 3 is 2.60 bits per heavy atom. The van der Waals surface area contributed by atoms with E-state index in [1.165, 1.54) is 0 Å². The van der Waals surface area contributed by atoms with Crippen molar-refractivity contribution in [2.45, 2.75) is 19.1 Å². The first kappa shape index (κ1) is 7.50. The lowest BCUT2D eigenvalue weighted by atomic mass is 10.0. The van der Waals surface area contributed by atoms with E-state index in [4.69, 9.17) is 14.9 Å². The summed E-state index contributed by atoms with van der Waals surface area (Å²) >= 11 is 0. The molecule has 2 N–H and O–H groups in total. The van der Waals surface area contributed by atoms with Gasteiger partial charge in [0.15, 0.2) is 6.29 Å². The highest BCUT2D eigenvalue weighted by Crippen LogP contribution is 2.16. The van der Waals surface area contributed by atoms with E-state index in [0.29, 0.717) is 12.8 Å². The van der Waals surface area contributed by atoms with Crippen LogP contribution < -0.4 is 0 Å². The molecule has 4 heteroatoms. The second-order valence-electron chi connectivity index (χ2n) is 2.40. The molecule has 1 rings (SSSR count). The molecule has 0 bridgehead atoms. The summed E-state index contributed by atoms with van der Waals surface area (Å²) in [6.45, 7) is 0.135. The largest absolute Gasteiger partial charge is 0.481 e. The Labute approximate surface area is 58.4 Å². The number of aliphatic carboxylic acids is 1. The van der Waals surface area contributed by atoms with E-state index in [9.17, 15) is 4.79 Å². The Balaban J connectivity index is 2.33. The summed E-state index contributed by atoms with van der Waals surface area (Å²) in [5.41, 5.74) is 0. The second-order valence-corrected chi connectivity index (χ2v) is 2.40. The minimum absolute atomic E-state index is 0.135. The van der Waals surface area contributed by atoms with Gasteiger partial charge >= 0.3 is 5.97 Å². The van der Waals surface area contributed by atoms with Gasteiger partial charge in [0.1, 0.15) is 0 Å². The third kappa shape index (κ3) is 1.68. The third-order valence-electron chi connectivity index (χ3n) is 1.60. The molecule has 2 atom stereocenters. The first-order chi connectivity index (χ1) is 4.70. The SMILES string of the molecule is O=C(O)C1CCC(O)OC1. The molecule has 0 amide bonds. The van der Waals surface area contributed by atoms with Gasteiger partial charge in [-0.15, -0.1) is 0 Å². The number of hydrogen-bond donors (Lipinski definition) is 2. The lowest BCUT2D eigenvalue weighted by Crippen LogP contribution is -2.30. The number of aliphatic hydroxyl groups excluding tert-OH is 1. The van der Waals surface area contributed by atoms with Gasteiger partial charge in [0.25, 0.3) is 0 Å². The average Bonchev–Trinajstić information content (AvgIpc) is 1.88. The van der Waals surface area contributed by atoms with Crippen LogP contribution in [0, 0.1) is 5.92 Å². The monoisotopic (exact) mass is 146 g/mol. The summed E-state index contributed by atoms with van der Waals surface area (Å²) in [4.78, 5) is 10.3. The van der Waals surface area contributed by atoms with Crippen molar-refractivity contribution in [3.05, 3.63) is 0 Å². The fourth-order valence-corrected chi connectivity index (χ4v) is 0.932. The van der Waals surface area contributed by atoms with E-state index in [-0.39, 0.29) is 6.61 Å². The van der Waals surface area contributed by atoms with Crippen molar-refractivity contribution in [1.29, 1.82) is 0 Å². The normalized spacial score (nSPS) is 33.7. The summed E-state index contributed by atoms with van der Waals surface area (Å²) in [5, 5.41) is 17.3. The molecule has 1 heterocycles. The van der Waals surface area contributed by atoms with Crippen molar-refractivity contribution >= 4 is 5.97 Å². The lowest BCUT2D eigenvalue weighted by molar-refractivity contribution is -0.165. The van der Waals surface area contributed by atoms with Crippen molar-refractivity contribution in [3.63, 3.8) is 0 Å². The van der Waals surface area contributed by atoms with Gasteiger partial charge in [0.2, 0.25) is 0 Å². The van der Waals surface area contributed by atoms with Crippen LogP contribution in [-0.2, 0) is 9.53 Å². The Morgan fingerprint density at radius 2 is 2.20 bits per heavy atom. The zero-order valence-corrected chi connectivity index (χ0v) is 5.49. The number of carboxylic acids is 1. The molecule has 4 nitrogen and oxygen atoms in total. The highest BCUT2D eigenvalue weighted by atomic mass is 16.6. The van der Waals surface area contributed by atoms with Crippen LogP contribution in [0.2, 0.25) is 0 Å². The molecule has 1 fully saturated rings. The molecule has 0 aliphatic carbocycles. The Kier molecular flexibility index (Phi) is 2.24. The van der Waals surface area contributed by atoms with Gasteiger partial charge in [-0.25, -0.2) is 0 Å². The zero-order valence-electron chi connectivity index (χ0n) is 5.49. The molecule has 1 aliphatic heterocycles. The Morgan fingerprint density at radius 1 is 1.50 bits per heavy atom. The number of carboxylic acid groups (broad SMARTS) is 1. The van der Waals surface area contributed by atoms with Crippen LogP contribution in [0.1, 0.15) is 12.8 Å². The molecule has 2 unspecified atom stereocenters. The number of aliphatic hydroxyl groups is 1. The van der Waals surface area contributed by atoms with Crippen molar-refractivity contribution in [2.24, 2.45) is 5.92 Å². The standard InChI is InChI=1S/C6H10O4/c7-5-2-1-4(3-10-5)6(8)9/h4-5,7H,1-3H2,(H,8,9). The summed E-state index contributed by atoms with van der Waals surface area (Å²) < 4.78 is 4.73. The Bertz CT molecular complexity index is 126. The van der Waals surface area contributed by atoms with Gasteiger partial charge in [0.05, 0.1) is 12.5 Å². The summed E-state index contributed by atoms with van der Waals surface area (Å²) in [7, 11) is 0. The molecule has 0 aromatic rings. The molecule has 0 radical (unpaired) electrons. The van der Waals surface area contributed by atoms with Crippen molar-refractivity contribution in [3.8, 4) is 0 Å². The van der Waals surface area contributed by atoms with Crippen molar-refractivity contribution in [2.75, 3.05) is 6.61 Å². The first-order valence-corrected chi connectivity index (χ1v) is 3.22. The van der Waals surface area contributed by atoms with Crippen LogP contribution in [-0.4, -0.2) is 29.1 Å². The minimum Gasteiger partial charge on any atom is -0.481 e. The number of ether oxygens (including phenoxy) is 1. The van der Waals surface area contributed by atoms with E-state index in [1.54, 1.807) is 0 Å². The molecule has 58 valence electrons. The predicted molar refractivity (Wildman–Crippen MR) is 32.3 cm³/mol. The first-order valence-electron chi connectivity index (χ1n) is 3.22. The molecule has 1 saturated heterocycles. The van der Waals surface area contributed by atoms with E-state index < -0.39 is 18.2 Å². The molecule has 0 aromatic heterocycles. The predicted octanol–water partition coefficient (Wildman–Crippen LogP) is -0.184. The maximum Gasteiger partial charge on any atom is 0.308 e. The fraction of sp³-hybridized carbons (Fsp3) is 0.833. The third-order valence-corrected chi connectivity index (χ3v) is 1.60. The zero-order chi connectivity index (χ0) is 7.56. The van der Waals surface area contributed by atoms with Gasteiger partial charge in [0, 0.05) is 0 Å². The Hall–Kier alpha value is -0.610. The number of rotatable bonds is 1. The second kappa shape index (κ2) is 2.98. The highest BCUT2D eigenvalue weighted by molar-refractivity contribution is 5.70. The van der Waals surface area contributed by atoms with Crippen LogP contribution >= 0.6 is 0 Å². The van der Waals surface area contributed by atoms with Crippen molar-refractivity contribution in [1.82, 2.24) is 0 Å². The van der Waals surface area contributed by atoms with Gasteiger partial charge in [-0.05, 0) is 12.8 Å². The molecule has 0 aromatic carbocycles. The molecule has 0 saturated carbocycles. The average molecular weight is 146 g/mol. The number of carbonyl (C=O) groups is 1. The van der Waals surface area contributed by atoms with Gasteiger partial charge < -0.3 is 14.9 Å². The van der Waals surface area contributed by atoms with Crippen molar-refractivity contribution < 1.29 is 19.7 Å². The molecule has 0 spiro atoms. The van der Waals surface area contributed by atoms with Crippen LogP contribution in [0.5, 0.6) is 0 Å². The summed E-state index contributed by atoms with van der Waals surface area (Å²) in [6, 6.07) is 0. The molecule has 1 aliphatic rings. The van der Waals surface area contributed by atoms with E-state index >= 15 is 0 Å². The van der Waals surface area contributed by atoms with E-state index in [2.05, 4.69) is 0 Å². The van der Waals surface area contributed by atoms with E-state index in [0.717, 1.165) is 0 Å². The highest BCUT2D eigenvalue weighted by Gasteiger charge is 2.24. The fourth-order valence-electron chi connectivity index (χ4n) is 0.932. The summed E-state index contributed by atoms with van der Waals surface area (Å²) in [5.74, 6) is -1.27. The maximum absolute atomic E-state index is 10.3. The van der Waals surface area contributed by atoms with Gasteiger partial charge in [-0.3, -0.25) is 4.79 Å². The maximum atomic E-state index is 10.3. The van der Waals surface area contributed by atoms with Crippen LogP contribution in [0.15, 0.2) is 0 Å². The van der Waals surface area contributed by atoms with Gasteiger partial charge in [-0.2, -0.15) is 0 Å². The molecular weight excluding hydrogens is 136 g/mol. The molecular formula is C6H10O4. The van der Waals surface area contributed by atoms with Crippen LogP contribution in [0.4, 0.5) is 0 Å². The van der Waals surface area contributed by atoms with Crippen LogP contribution in [0.3, 0.4) is 0 Å². The minimum atomic E-state index is -0.841. The lowest BCUT2D eigenvalue weighted by Gasteiger charge is -2.22. The smallest absolute Gasteiger partial charge is 0.308 e. The van der Waals surface area contributed by atoms with Crippen LogP contribution in [0.25, 0.3) is 0 Å². The van der Waals surface area contributed by atoms with E-state index in [1.807, 2.05) is 0 Å². The quantitative estimate of drug-likeness (QED) is 0.538. The van der Waals surface area contributed by atoms with Gasteiger partial charge in [-0.1, -0.05) is 0 Å². The summed E-state index contributed by atoms with van der Waals surface area (Å²) in [6.07, 6.45) is 0.184. The topological polar surface area (TPSA) is 66.8 Å².